The summed E-state index contributed by atoms with van der Waals surface area (Å²) in [4.78, 5) is 24.1. The molecule has 0 fully saturated rings. The molecule has 2 rings (SSSR count). The fraction of sp³-hybridized carbons (Fsp3) is 0.444. The van der Waals surface area contributed by atoms with Crippen molar-refractivity contribution in [3.8, 4) is 5.75 Å². The van der Waals surface area contributed by atoms with E-state index in [2.05, 4.69) is 11.4 Å². The lowest BCUT2D eigenvalue weighted by atomic mass is 9.93. The molecule has 0 aliphatic heterocycles. The maximum absolute atomic E-state index is 13.4. The van der Waals surface area contributed by atoms with Crippen LogP contribution in [0.4, 0.5) is 4.39 Å². The fourth-order valence-electron chi connectivity index (χ4n) is 2.77. The number of hydrogen-bond acceptors (Lipinski definition) is 4. The van der Waals surface area contributed by atoms with Crippen LogP contribution in [0.25, 0.3) is 0 Å². The average Bonchev–Trinajstić information content (AvgIpc) is 2.61. The Morgan fingerprint density at radius 1 is 1.42 bits per heavy atom. The number of amides is 1. The maximum Gasteiger partial charge on any atom is 0.310 e. The summed E-state index contributed by atoms with van der Waals surface area (Å²) in [5, 5.41) is 12.0. The first-order valence-corrected chi connectivity index (χ1v) is 7.99. The lowest BCUT2D eigenvalue weighted by Crippen LogP contribution is -2.38. The number of ether oxygens (including phenoxy) is 1. The zero-order valence-corrected chi connectivity index (χ0v) is 13.6. The van der Waals surface area contributed by atoms with Gasteiger partial charge in [-0.15, -0.1) is 0 Å². The summed E-state index contributed by atoms with van der Waals surface area (Å²) in [6, 6.07) is 3.97. The number of phenolic OH excluding ortho intramolecular Hbond substituents is 1. The molecule has 1 aromatic carbocycles. The molecule has 1 aromatic rings. The van der Waals surface area contributed by atoms with Gasteiger partial charge in [0.1, 0.15) is 0 Å². The van der Waals surface area contributed by atoms with Crippen molar-refractivity contribution in [1.29, 1.82) is 0 Å². The van der Waals surface area contributed by atoms with Gasteiger partial charge in [-0.1, -0.05) is 18.2 Å². The second-order valence-electron chi connectivity index (χ2n) is 5.94. The second-order valence-corrected chi connectivity index (χ2v) is 5.94. The van der Waals surface area contributed by atoms with Crippen molar-refractivity contribution >= 4 is 11.9 Å². The van der Waals surface area contributed by atoms with Crippen LogP contribution in [0.5, 0.6) is 5.75 Å². The molecule has 5 nitrogen and oxygen atoms in total. The Morgan fingerprint density at radius 3 is 2.83 bits per heavy atom. The Morgan fingerprint density at radius 2 is 2.21 bits per heavy atom. The number of esters is 1. The van der Waals surface area contributed by atoms with E-state index in [0.717, 1.165) is 12.8 Å². The predicted molar refractivity (Wildman–Crippen MR) is 86.8 cm³/mol. The molecular formula is C18H22FNO4. The molecule has 0 aromatic heterocycles. The van der Waals surface area contributed by atoms with Crippen molar-refractivity contribution in [3.63, 3.8) is 0 Å². The number of halogens is 1. The topological polar surface area (TPSA) is 75.6 Å². The van der Waals surface area contributed by atoms with Crippen molar-refractivity contribution in [2.75, 3.05) is 13.7 Å². The number of hydrogen-bond donors (Lipinski definition) is 2. The smallest absolute Gasteiger partial charge is 0.310 e. The highest BCUT2D eigenvalue weighted by molar-refractivity contribution is 5.80. The first-order valence-electron chi connectivity index (χ1n) is 7.99. The Bertz CT molecular complexity index is 629. The van der Waals surface area contributed by atoms with Crippen molar-refractivity contribution in [2.45, 2.75) is 25.7 Å². The van der Waals surface area contributed by atoms with Gasteiger partial charge in [-0.2, -0.15) is 0 Å². The van der Waals surface area contributed by atoms with Gasteiger partial charge >= 0.3 is 5.97 Å². The first-order chi connectivity index (χ1) is 11.5. The molecule has 0 bridgehead atoms. The van der Waals surface area contributed by atoms with E-state index in [-0.39, 0.29) is 24.8 Å². The van der Waals surface area contributed by atoms with E-state index in [4.69, 9.17) is 4.74 Å². The van der Waals surface area contributed by atoms with Gasteiger partial charge < -0.3 is 15.2 Å². The molecule has 0 saturated carbocycles. The van der Waals surface area contributed by atoms with E-state index in [9.17, 15) is 19.1 Å². The highest BCUT2D eigenvalue weighted by Crippen LogP contribution is 2.20. The van der Waals surface area contributed by atoms with Crippen molar-refractivity contribution < 1.29 is 23.8 Å². The SMILES string of the molecule is COC(=O)[C@@H](CNC(=O)[C@H]1CC=CCC1)Cc1ccc(O)c(F)c1. The zero-order valence-electron chi connectivity index (χ0n) is 13.6. The summed E-state index contributed by atoms with van der Waals surface area (Å²) in [7, 11) is 1.28. The Balaban J connectivity index is 1.97. The summed E-state index contributed by atoms with van der Waals surface area (Å²) >= 11 is 0. The molecule has 0 heterocycles. The molecule has 2 atom stereocenters. The van der Waals surface area contributed by atoms with Crippen LogP contribution in [0, 0.1) is 17.7 Å². The van der Waals surface area contributed by atoms with E-state index in [1.807, 2.05) is 6.08 Å². The van der Waals surface area contributed by atoms with Gasteiger partial charge in [-0.05, 0) is 43.4 Å². The summed E-state index contributed by atoms with van der Waals surface area (Å²) in [6.45, 7) is 0.133. The lowest BCUT2D eigenvalue weighted by Gasteiger charge is -2.20. The summed E-state index contributed by atoms with van der Waals surface area (Å²) < 4.78 is 18.2. The largest absolute Gasteiger partial charge is 0.505 e. The van der Waals surface area contributed by atoms with Crippen LogP contribution in [-0.2, 0) is 20.7 Å². The number of carbonyl (C=O) groups excluding carboxylic acids is 2. The van der Waals surface area contributed by atoms with E-state index in [1.165, 1.54) is 19.2 Å². The van der Waals surface area contributed by atoms with Crippen LogP contribution in [-0.4, -0.2) is 30.6 Å². The third-order valence-electron chi connectivity index (χ3n) is 4.19. The molecule has 6 heteroatoms. The summed E-state index contributed by atoms with van der Waals surface area (Å²) in [5.41, 5.74) is 0.551. The first kappa shape index (κ1) is 18.0. The molecule has 0 radical (unpaired) electrons. The zero-order chi connectivity index (χ0) is 17.5. The van der Waals surface area contributed by atoms with Crippen LogP contribution >= 0.6 is 0 Å². The molecule has 1 aliphatic rings. The van der Waals surface area contributed by atoms with Crippen molar-refractivity contribution in [2.24, 2.45) is 11.8 Å². The Kier molecular flexibility index (Phi) is 6.35. The van der Waals surface area contributed by atoms with Gasteiger partial charge in [0.25, 0.3) is 0 Å². The number of methoxy groups -OCH3 is 1. The van der Waals surface area contributed by atoms with Crippen LogP contribution < -0.4 is 5.32 Å². The van der Waals surface area contributed by atoms with Gasteiger partial charge in [0.15, 0.2) is 11.6 Å². The molecule has 0 saturated heterocycles. The Labute approximate surface area is 140 Å². The van der Waals surface area contributed by atoms with Gasteiger partial charge in [0.2, 0.25) is 5.91 Å². The van der Waals surface area contributed by atoms with Gasteiger partial charge in [-0.25, -0.2) is 4.39 Å². The number of benzene rings is 1. The average molecular weight is 335 g/mol. The van der Waals surface area contributed by atoms with Crippen molar-refractivity contribution in [3.05, 3.63) is 41.7 Å². The third-order valence-corrected chi connectivity index (χ3v) is 4.19. The minimum Gasteiger partial charge on any atom is -0.505 e. The number of nitrogens with one attached hydrogen (secondary N) is 1. The molecule has 130 valence electrons. The number of allylic oxidation sites excluding steroid dienone is 2. The van der Waals surface area contributed by atoms with Crippen molar-refractivity contribution in [1.82, 2.24) is 5.32 Å². The van der Waals surface area contributed by atoms with Crippen LogP contribution in [0.3, 0.4) is 0 Å². The molecular weight excluding hydrogens is 313 g/mol. The van der Waals surface area contributed by atoms with E-state index < -0.39 is 23.5 Å². The number of phenols is 1. The van der Waals surface area contributed by atoms with Gasteiger partial charge in [0.05, 0.1) is 13.0 Å². The van der Waals surface area contributed by atoms with E-state index in [1.54, 1.807) is 6.07 Å². The van der Waals surface area contributed by atoms with E-state index in [0.29, 0.717) is 12.0 Å². The second kappa shape index (κ2) is 8.47. The molecule has 24 heavy (non-hydrogen) atoms. The number of aromatic hydroxyl groups is 1. The highest BCUT2D eigenvalue weighted by atomic mass is 19.1. The van der Waals surface area contributed by atoms with E-state index >= 15 is 0 Å². The number of carbonyl (C=O) groups is 2. The van der Waals surface area contributed by atoms with Gasteiger partial charge in [0, 0.05) is 12.5 Å². The summed E-state index contributed by atoms with van der Waals surface area (Å²) in [6.07, 6.45) is 6.65. The summed E-state index contributed by atoms with van der Waals surface area (Å²) in [5.74, 6) is -2.40. The quantitative estimate of drug-likeness (QED) is 0.618. The third kappa shape index (κ3) is 4.81. The van der Waals surface area contributed by atoms with Crippen LogP contribution in [0.1, 0.15) is 24.8 Å². The highest BCUT2D eigenvalue weighted by Gasteiger charge is 2.24. The maximum atomic E-state index is 13.4. The van der Waals surface area contributed by atoms with Crippen LogP contribution in [0.2, 0.25) is 0 Å². The lowest BCUT2D eigenvalue weighted by molar-refractivity contribution is -0.145. The minimum absolute atomic E-state index is 0.0700. The number of rotatable bonds is 6. The molecule has 0 spiro atoms. The molecule has 0 unspecified atom stereocenters. The normalized spacial score (nSPS) is 18.0. The van der Waals surface area contributed by atoms with Gasteiger partial charge in [-0.3, -0.25) is 9.59 Å². The Hall–Kier alpha value is -2.37. The fourth-order valence-corrected chi connectivity index (χ4v) is 2.77. The predicted octanol–water partition coefficient (Wildman–Crippen LogP) is 2.34. The molecule has 1 amide bonds. The standard InChI is InChI=1S/C18H22FNO4/c1-24-18(23)14(9-12-7-8-16(21)15(19)10-12)11-20-17(22)13-5-3-2-4-6-13/h2-3,7-8,10,13-14,21H,4-6,9,11H2,1H3,(H,20,22)/t13-,14+/m0/s1. The minimum atomic E-state index is -0.742. The molecule has 2 N–H and O–H groups in total. The monoisotopic (exact) mass is 335 g/mol. The van der Waals surface area contributed by atoms with Crippen LogP contribution in [0.15, 0.2) is 30.4 Å². The molecule has 1 aliphatic carbocycles.